The minimum absolute atomic E-state index is 0.109. The quantitative estimate of drug-likeness (QED) is 0.762. The lowest BCUT2D eigenvalue weighted by atomic mass is 9.94. The van der Waals surface area contributed by atoms with E-state index in [-0.39, 0.29) is 38.0 Å². The van der Waals surface area contributed by atoms with Gasteiger partial charge >= 0.3 is 12.0 Å². The molecular weight excluding hydrogens is 334 g/mol. The highest BCUT2D eigenvalue weighted by Crippen LogP contribution is 2.36. The molecule has 0 radical (unpaired) electrons. The molecule has 7 nitrogen and oxygen atoms in total. The maximum absolute atomic E-state index is 12.9. The molecule has 0 spiro atoms. The van der Waals surface area contributed by atoms with Crippen LogP contribution in [0.3, 0.4) is 0 Å². The van der Waals surface area contributed by atoms with Gasteiger partial charge in [0.25, 0.3) is 5.91 Å². The monoisotopic (exact) mass is 355 g/mol. The average Bonchev–Trinajstić information content (AvgIpc) is 2.92. The van der Waals surface area contributed by atoms with Crippen LogP contribution in [0, 0.1) is 6.92 Å². The zero-order chi connectivity index (χ0) is 18.8. The lowest BCUT2D eigenvalue weighted by molar-refractivity contribution is -0.137. The molecule has 0 saturated carbocycles. The van der Waals surface area contributed by atoms with Gasteiger partial charge in [0.1, 0.15) is 0 Å². The number of carbonyl (C=O) groups is 3. The largest absolute Gasteiger partial charge is 0.481 e. The second-order valence-electron chi connectivity index (χ2n) is 6.43. The Kier molecular flexibility index (Phi) is 4.79. The summed E-state index contributed by atoms with van der Waals surface area (Å²) in [4.78, 5) is 39.4. The Bertz CT molecular complexity index is 815. The summed E-state index contributed by atoms with van der Waals surface area (Å²) in [6.07, 6.45) is 1.46. The van der Waals surface area contributed by atoms with E-state index in [1.165, 1.54) is 9.80 Å². The Balaban J connectivity index is 1.99. The number of aliphatic carboxylic acids is 1. The van der Waals surface area contributed by atoms with Crippen molar-refractivity contribution in [2.45, 2.75) is 19.4 Å². The molecule has 2 N–H and O–H groups in total. The predicted molar refractivity (Wildman–Crippen MR) is 95.2 cm³/mol. The van der Waals surface area contributed by atoms with Gasteiger partial charge in [-0.2, -0.15) is 0 Å². The van der Waals surface area contributed by atoms with Crippen molar-refractivity contribution in [3.8, 4) is 0 Å². The summed E-state index contributed by atoms with van der Waals surface area (Å²) < 4.78 is 0. The van der Waals surface area contributed by atoms with Crippen LogP contribution in [0.4, 0.5) is 4.79 Å². The van der Waals surface area contributed by atoms with E-state index in [0.717, 1.165) is 11.1 Å². The van der Waals surface area contributed by atoms with Crippen LogP contribution in [0.5, 0.6) is 0 Å². The molecule has 0 bridgehead atoms. The summed E-state index contributed by atoms with van der Waals surface area (Å²) in [5.74, 6) is -1.20. The summed E-state index contributed by atoms with van der Waals surface area (Å²) in [6, 6.07) is 6.81. The summed E-state index contributed by atoms with van der Waals surface area (Å²) in [5, 5.41) is 11.8. The molecule has 2 aliphatic heterocycles. The number of nitrogens with zero attached hydrogens (tertiary/aromatic N) is 2. The predicted octanol–water partition coefficient (Wildman–Crippen LogP) is 1.82. The highest BCUT2D eigenvalue weighted by Gasteiger charge is 2.43. The van der Waals surface area contributed by atoms with Crippen LogP contribution in [-0.2, 0) is 9.59 Å². The highest BCUT2D eigenvalue weighted by molar-refractivity contribution is 6.01. The SMILES string of the molecule is C=CCN1C(=O)NC(c2cccc(C)c2)C2=C1CN(CCC(=O)O)C2=O. The first-order valence-electron chi connectivity index (χ1n) is 8.42. The summed E-state index contributed by atoms with van der Waals surface area (Å²) in [5.41, 5.74) is 2.98. The van der Waals surface area contributed by atoms with E-state index in [2.05, 4.69) is 11.9 Å². The molecule has 26 heavy (non-hydrogen) atoms. The average molecular weight is 355 g/mol. The number of hydrogen-bond donors (Lipinski definition) is 2. The number of amides is 3. The summed E-state index contributed by atoms with van der Waals surface area (Å²) in [6.45, 7) is 6.24. The Morgan fingerprint density at radius 2 is 2.19 bits per heavy atom. The molecule has 3 amide bonds. The van der Waals surface area contributed by atoms with E-state index < -0.39 is 12.0 Å². The summed E-state index contributed by atoms with van der Waals surface area (Å²) in [7, 11) is 0. The maximum Gasteiger partial charge on any atom is 0.322 e. The van der Waals surface area contributed by atoms with E-state index in [1.54, 1.807) is 6.08 Å². The van der Waals surface area contributed by atoms with E-state index in [4.69, 9.17) is 5.11 Å². The van der Waals surface area contributed by atoms with Gasteiger partial charge in [-0.1, -0.05) is 35.9 Å². The van der Waals surface area contributed by atoms with Crippen LogP contribution in [0.15, 0.2) is 48.2 Å². The maximum atomic E-state index is 12.9. The Morgan fingerprint density at radius 1 is 1.42 bits per heavy atom. The smallest absolute Gasteiger partial charge is 0.322 e. The minimum Gasteiger partial charge on any atom is -0.481 e. The third-order valence-corrected chi connectivity index (χ3v) is 4.58. The number of hydrogen-bond acceptors (Lipinski definition) is 3. The third kappa shape index (κ3) is 3.20. The van der Waals surface area contributed by atoms with Crippen molar-refractivity contribution < 1.29 is 19.5 Å². The molecule has 3 rings (SSSR count). The molecule has 0 saturated heterocycles. The molecule has 7 heteroatoms. The zero-order valence-electron chi connectivity index (χ0n) is 14.6. The molecule has 1 aromatic rings. The van der Waals surface area contributed by atoms with E-state index in [1.807, 2.05) is 31.2 Å². The van der Waals surface area contributed by atoms with Gasteiger partial charge < -0.3 is 15.3 Å². The lowest BCUT2D eigenvalue weighted by Gasteiger charge is -2.33. The molecular formula is C19H21N3O4. The second kappa shape index (κ2) is 7.03. The van der Waals surface area contributed by atoms with Gasteiger partial charge in [0.2, 0.25) is 0 Å². The number of urea groups is 1. The van der Waals surface area contributed by atoms with Crippen molar-refractivity contribution in [2.24, 2.45) is 0 Å². The molecule has 0 fully saturated rings. The number of aryl methyl sites for hydroxylation is 1. The highest BCUT2D eigenvalue weighted by atomic mass is 16.4. The minimum atomic E-state index is -0.963. The fourth-order valence-electron chi connectivity index (χ4n) is 3.38. The number of carboxylic acid groups (broad SMARTS) is 1. The van der Waals surface area contributed by atoms with E-state index in [9.17, 15) is 14.4 Å². The Hall–Kier alpha value is -3.09. The van der Waals surface area contributed by atoms with Crippen molar-refractivity contribution in [3.05, 3.63) is 59.3 Å². The van der Waals surface area contributed by atoms with Gasteiger partial charge in [-0.3, -0.25) is 14.5 Å². The standard InChI is InChI=1S/C19H21N3O4/c1-3-8-22-14-11-21(9-7-15(23)24)18(25)16(14)17(20-19(22)26)13-6-4-5-12(2)10-13/h3-6,10,17H,1,7-9,11H2,2H3,(H,20,26)(H,23,24). The number of rotatable bonds is 6. The molecule has 1 aromatic carbocycles. The molecule has 1 unspecified atom stereocenters. The molecule has 0 aliphatic carbocycles. The van der Waals surface area contributed by atoms with Gasteiger partial charge in [-0.25, -0.2) is 4.79 Å². The van der Waals surface area contributed by atoms with Crippen LogP contribution in [0.1, 0.15) is 23.6 Å². The molecule has 2 heterocycles. The van der Waals surface area contributed by atoms with Gasteiger partial charge in [-0.15, -0.1) is 6.58 Å². The number of benzene rings is 1. The van der Waals surface area contributed by atoms with Crippen LogP contribution >= 0.6 is 0 Å². The van der Waals surface area contributed by atoms with Gasteiger partial charge in [-0.05, 0) is 12.5 Å². The summed E-state index contributed by atoms with van der Waals surface area (Å²) >= 11 is 0. The fraction of sp³-hybridized carbons (Fsp3) is 0.316. The van der Waals surface area contributed by atoms with Crippen molar-refractivity contribution in [3.63, 3.8) is 0 Å². The number of carboxylic acids is 1. The van der Waals surface area contributed by atoms with Crippen molar-refractivity contribution in [1.82, 2.24) is 15.1 Å². The topological polar surface area (TPSA) is 90.0 Å². The Morgan fingerprint density at radius 3 is 2.85 bits per heavy atom. The fourth-order valence-corrected chi connectivity index (χ4v) is 3.38. The van der Waals surface area contributed by atoms with Gasteiger partial charge in [0.15, 0.2) is 0 Å². The van der Waals surface area contributed by atoms with E-state index in [0.29, 0.717) is 11.3 Å². The van der Waals surface area contributed by atoms with Crippen LogP contribution in [0.25, 0.3) is 0 Å². The van der Waals surface area contributed by atoms with Crippen molar-refractivity contribution in [1.29, 1.82) is 0 Å². The third-order valence-electron chi connectivity index (χ3n) is 4.58. The first kappa shape index (κ1) is 17.7. The van der Waals surface area contributed by atoms with Gasteiger partial charge in [0, 0.05) is 13.1 Å². The van der Waals surface area contributed by atoms with Crippen LogP contribution in [-0.4, -0.2) is 52.4 Å². The van der Waals surface area contributed by atoms with Crippen LogP contribution < -0.4 is 5.32 Å². The van der Waals surface area contributed by atoms with Crippen LogP contribution in [0.2, 0.25) is 0 Å². The number of carbonyl (C=O) groups excluding carboxylic acids is 2. The molecule has 1 atom stereocenters. The Labute approximate surface area is 151 Å². The first-order valence-corrected chi connectivity index (χ1v) is 8.42. The molecule has 2 aliphatic rings. The van der Waals surface area contributed by atoms with E-state index >= 15 is 0 Å². The first-order chi connectivity index (χ1) is 12.4. The second-order valence-corrected chi connectivity index (χ2v) is 6.43. The van der Waals surface area contributed by atoms with Crippen molar-refractivity contribution in [2.75, 3.05) is 19.6 Å². The zero-order valence-corrected chi connectivity index (χ0v) is 14.6. The molecule has 136 valence electrons. The lowest BCUT2D eigenvalue weighted by Crippen LogP contribution is -2.47. The van der Waals surface area contributed by atoms with Gasteiger partial charge in [0.05, 0.1) is 30.3 Å². The molecule has 0 aromatic heterocycles. The normalized spacial score (nSPS) is 19.5. The van der Waals surface area contributed by atoms with Crippen molar-refractivity contribution >= 4 is 17.9 Å². The number of nitrogens with one attached hydrogen (secondary N) is 1.